The maximum absolute atomic E-state index is 12.7. The number of nitrogens with zero attached hydrogens (tertiary/aromatic N) is 4. The molecule has 9 heteroatoms. The number of likely N-dealkylation sites (N-methyl/N-ethyl adjacent to an activating group) is 1. The van der Waals surface area contributed by atoms with E-state index in [-0.39, 0.29) is 29.8 Å². The smallest absolute Gasteiger partial charge is 0.275 e. The Morgan fingerprint density at radius 1 is 1.13 bits per heavy atom. The first kappa shape index (κ1) is 21.8. The van der Waals surface area contributed by atoms with Crippen LogP contribution in [-0.4, -0.2) is 94.5 Å². The minimum Gasteiger partial charge on any atom is -0.350 e. The number of para-hydroxylation sites is 1. The molecule has 3 rings (SSSR count). The van der Waals surface area contributed by atoms with Gasteiger partial charge >= 0.3 is 0 Å². The molecule has 30 heavy (non-hydrogen) atoms. The molecule has 0 saturated carbocycles. The van der Waals surface area contributed by atoms with Crippen LogP contribution in [0.15, 0.2) is 24.3 Å². The lowest BCUT2D eigenvalue weighted by Gasteiger charge is -2.35. The first-order valence-corrected chi connectivity index (χ1v) is 10.1. The number of hydrogen-bond acceptors (Lipinski definition) is 5. The Labute approximate surface area is 176 Å². The van der Waals surface area contributed by atoms with Gasteiger partial charge in [0, 0.05) is 44.2 Å². The van der Waals surface area contributed by atoms with E-state index in [0.717, 1.165) is 10.9 Å². The van der Waals surface area contributed by atoms with Gasteiger partial charge in [-0.1, -0.05) is 18.2 Å². The van der Waals surface area contributed by atoms with E-state index in [1.54, 1.807) is 11.9 Å². The molecule has 162 valence electrons. The Morgan fingerprint density at radius 3 is 2.47 bits per heavy atom. The molecule has 1 aliphatic heterocycles. The van der Waals surface area contributed by atoms with Crippen LogP contribution in [-0.2, 0) is 9.59 Å². The van der Waals surface area contributed by atoms with E-state index in [0.29, 0.717) is 38.4 Å². The molecule has 0 bridgehead atoms. The average molecular weight is 415 g/mol. The second kappa shape index (κ2) is 8.83. The lowest BCUT2D eigenvalue weighted by Crippen LogP contribution is -2.54. The van der Waals surface area contributed by atoms with Crippen molar-refractivity contribution >= 4 is 28.6 Å². The number of aromatic nitrogens is 2. The van der Waals surface area contributed by atoms with Gasteiger partial charge in [-0.3, -0.25) is 24.4 Å². The van der Waals surface area contributed by atoms with Gasteiger partial charge in [0.2, 0.25) is 11.8 Å². The van der Waals surface area contributed by atoms with Crippen LogP contribution in [0, 0.1) is 0 Å². The first-order valence-electron chi connectivity index (χ1n) is 10.1. The number of aromatic amines is 1. The van der Waals surface area contributed by atoms with Gasteiger partial charge in [0.25, 0.3) is 5.91 Å². The summed E-state index contributed by atoms with van der Waals surface area (Å²) in [4.78, 5) is 42.7. The monoisotopic (exact) mass is 414 g/mol. The van der Waals surface area contributed by atoms with Crippen LogP contribution >= 0.6 is 0 Å². The fourth-order valence-electron chi connectivity index (χ4n) is 3.50. The maximum Gasteiger partial charge on any atom is 0.275 e. The number of nitrogens with one attached hydrogen (secondary N) is 2. The van der Waals surface area contributed by atoms with Crippen LogP contribution in [0.25, 0.3) is 10.9 Å². The molecule has 9 nitrogen and oxygen atoms in total. The van der Waals surface area contributed by atoms with Gasteiger partial charge in [0.15, 0.2) is 5.69 Å². The Bertz CT molecular complexity index is 924. The minimum atomic E-state index is -0.293. The van der Waals surface area contributed by atoms with Gasteiger partial charge in [-0.15, -0.1) is 0 Å². The summed E-state index contributed by atoms with van der Waals surface area (Å²) >= 11 is 0. The average Bonchev–Trinajstić information content (AvgIpc) is 3.10. The zero-order chi connectivity index (χ0) is 21.9. The van der Waals surface area contributed by atoms with E-state index in [1.807, 2.05) is 49.9 Å². The molecule has 0 aliphatic carbocycles. The SMILES string of the molecule is CN(CC(=O)N1CCN(CC(=O)NC(C)(C)C)CC1)C(=O)c1n[nH]c2ccccc12. The maximum atomic E-state index is 12.7. The summed E-state index contributed by atoms with van der Waals surface area (Å²) in [5.74, 6) is -0.415. The van der Waals surface area contributed by atoms with Crippen molar-refractivity contribution in [1.29, 1.82) is 0 Å². The molecule has 2 heterocycles. The summed E-state index contributed by atoms with van der Waals surface area (Å²) in [6.45, 7) is 8.50. The minimum absolute atomic E-state index is 0.00939. The lowest BCUT2D eigenvalue weighted by atomic mass is 10.1. The molecule has 1 saturated heterocycles. The van der Waals surface area contributed by atoms with Gasteiger partial charge in [0.05, 0.1) is 18.6 Å². The van der Waals surface area contributed by atoms with E-state index in [9.17, 15) is 14.4 Å². The van der Waals surface area contributed by atoms with Crippen molar-refractivity contribution in [2.75, 3.05) is 46.3 Å². The van der Waals surface area contributed by atoms with Crippen LogP contribution in [0.2, 0.25) is 0 Å². The highest BCUT2D eigenvalue weighted by molar-refractivity contribution is 6.05. The number of carbonyl (C=O) groups is 3. The van der Waals surface area contributed by atoms with E-state index >= 15 is 0 Å². The fourth-order valence-corrected chi connectivity index (χ4v) is 3.50. The quantitative estimate of drug-likeness (QED) is 0.750. The molecule has 0 atom stereocenters. The third-order valence-electron chi connectivity index (χ3n) is 5.00. The van der Waals surface area contributed by atoms with Crippen molar-refractivity contribution in [2.45, 2.75) is 26.3 Å². The first-order chi connectivity index (χ1) is 14.1. The number of hydrogen-bond donors (Lipinski definition) is 2. The van der Waals surface area contributed by atoms with Crippen molar-refractivity contribution in [3.05, 3.63) is 30.0 Å². The molecular weight excluding hydrogens is 384 g/mol. The van der Waals surface area contributed by atoms with Crippen LogP contribution in [0.3, 0.4) is 0 Å². The van der Waals surface area contributed by atoms with Gasteiger partial charge in [-0.05, 0) is 26.8 Å². The third-order valence-corrected chi connectivity index (χ3v) is 5.00. The molecular formula is C21H30N6O3. The Kier molecular flexibility index (Phi) is 6.40. The normalized spacial score (nSPS) is 15.3. The summed E-state index contributed by atoms with van der Waals surface area (Å²) in [6, 6.07) is 7.40. The molecule has 3 amide bonds. The summed E-state index contributed by atoms with van der Waals surface area (Å²) in [7, 11) is 1.61. The second-order valence-corrected chi connectivity index (χ2v) is 8.73. The van der Waals surface area contributed by atoms with Gasteiger partial charge in [-0.2, -0.15) is 5.10 Å². The molecule has 0 spiro atoms. The summed E-state index contributed by atoms with van der Waals surface area (Å²) < 4.78 is 0. The number of fused-ring (bicyclic) bond motifs is 1. The molecule has 1 aromatic carbocycles. The number of piperazine rings is 1. The Balaban J connectivity index is 1.49. The van der Waals surface area contributed by atoms with Crippen molar-refractivity contribution in [1.82, 2.24) is 30.2 Å². The predicted octanol–water partition coefficient (Wildman–Crippen LogP) is 0.694. The second-order valence-electron chi connectivity index (χ2n) is 8.73. The number of amides is 3. The molecule has 0 unspecified atom stereocenters. The van der Waals surface area contributed by atoms with Crippen molar-refractivity contribution in [3.8, 4) is 0 Å². The number of rotatable bonds is 5. The highest BCUT2D eigenvalue weighted by atomic mass is 16.2. The third kappa shape index (κ3) is 5.35. The molecule has 1 aliphatic rings. The molecule has 2 N–H and O–H groups in total. The lowest BCUT2D eigenvalue weighted by molar-refractivity contribution is -0.133. The van der Waals surface area contributed by atoms with Crippen LogP contribution in [0.1, 0.15) is 31.3 Å². The van der Waals surface area contributed by atoms with Crippen molar-refractivity contribution < 1.29 is 14.4 Å². The fraction of sp³-hybridized carbons (Fsp3) is 0.524. The number of benzene rings is 1. The van der Waals surface area contributed by atoms with E-state index in [2.05, 4.69) is 15.5 Å². The van der Waals surface area contributed by atoms with Crippen LogP contribution in [0.4, 0.5) is 0 Å². The Hall–Kier alpha value is -2.94. The largest absolute Gasteiger partial charge is 0.350 e. The van der Waals surface area contributed by atoms with Crippen LogP contribution in [0.5, 0.6) is 0 Å². The summed E-state index contributed by atoms with van der Waals surface area (Å²) in [5.41, 5.74) is 0.842. The Morgan fingerprint density at radius 2 is 1.80 bits per heavy atom. The topological polar surface area (TPSA) is 102 Å². The summed E-state index contributed by atoms with van der Waals surface area (Å²) in [5, 5.41) is 10.6. The molecule has 2 aromatic rings. The van der Waals surface area contributed by atoms with Gasteiger partial charge in [-0.25, -0.2) is 0 Å². The summed E-state index contributed by atoms with van der Waals surface area (Å²) in [6.07, 6.45) is 0. The molecule has 1 aromatic heterocycles. The molecule has 0 radical (unpaired) electrons. The van der Waals surface area contributed by atoms with E-state index in [1.165, 1.54) is 4.90 Å². The van der Waals surface area contributed by atoms with E-state index < -0.39 is 0 Å². The highest BCUT2D eigenvalue weighted by Gasteiger charge is 2.26. The van der Waals surface area contributed by atoms with E-state index in [4.69, 9.17) is 0 Å². The van der Waals surface area contributed by atoms with Gasteiger partial charge < -0.3 is 15.1 Å². The number of carbonyl (C=O) groups excluding carboxylic acids is 3. The highest BCUT2D eigenvalue weighted by Crippen LogP contribution is 2.16. The van der Waals surface area contributed by atoms with Crippen molar-refractivity contribution in [3.63, 3.8) is 0 Å². The van der Waals surface area contributed by atoms with Crippen molar-refractivity contribution in [2.24, 2.45) is 0 Å². The predicted molar refractivity (Wildman–Crippen MR) is 114 cm³/mol. The molecule has 1 fully saturated rings. The van der Waals surface area contributed by atoms with Crippen LogP contribution < -0.4 is 5.32 Å². The standard InChI is InChI=1S/C21H30N6O3/c1-21(2,3)22-17(28)13-26-9-11-27(12-10-26)18(29)14-25(4)20(30)19-15-7-5-6-8-16(15)23-24-19/h5-8H,9-14H2,1-4H3,(H,22,28)(H,23,24). The zero-order valence-corrected chi connectivity index (χ0v) is 18.1. The van der Waals surface area contributed by atoms with Gasteiger partial charge in [0.1, 0.15) is 0 Å². The zero-order valence-electron chi connectivity index (χ0n) is 18.1. The number of H-pyrrole nitrogens is 1.